The number of carbonyl (C=O) groups excluding carboxylic acids is 3. The molecular weight excluding hydrogens is 470 g/mol. The number of hydrogen-bond donors (Lipinski definition) is 2. The first-order valence-electron chi connectivity index (χ1n) is 11.7. The largest absolute Gasteiger partial charge is 0.469 e. The molecule has 0 fully saturated rings. The van der Waals surface area contributed by atoms with Gasteiger partial charge in [0.25, 0.3) is 11.8 Å². The molecule has 0 radical (unpaired) electrons. The number of esters is 1. The van der Waals surface area contributed by atoms with Gasteiger partial charge >= 0.3 is 5.97 Å². The number of hydrogen-bond acceptors (Lipinski definition) is 6. The molecule has 0 aliphatic rings. The summed E-state index contributed by atoms with van der Waals surface area (Å²) in [6.45, 7) is 3.86. The molecule has 0 aliphatic heterocycles. The van der Waals surface area contributed by atoms with E-state index in [0.717, 1.165) is 22.6 Å². The summed E-state index contributed by atoms with van der Waals surface area (Å²) < 4.78 is 6.54. The van der Waals surface area contributed by atoms with Gasteiger partial charge in [-0.25, -0.2) is 4.68 Å². The first-order chi connectivity index (χ1) is 17.9. The summed E-state index contributed by atoms with van der Waals surface area (Å²) in [5.41, 5.74) is 5.59. The Kier molecular flexibility index (Phi) is 7.73. The van der Waals surface area contributed by atoms with Crippen LogP contribution in [0.5, 0.6) is 0 Å². The predicted molar refractivity (Wildman–Crippen MR) is 140 cm³/mol. The number of ether oxygens (including phenoxy) is 1. The SMILES string of the molecule is COC(=O)CCc1c(C)nn(-c2ccc(C(=O)Nc3cccc(C(=O)Nc4ccncc4)c3)cc2)c1C. The Labute approximate surface area is 214 Å². The maximum atomic E-state index is 12.9. The molecular formula is C28H27N5O4. The van der Waals surface area contributed by atoms with Gasteiger partial charge in [-0.2, -0.15) is 5.10 Å². The van der Waals surface area contributed by atoms with E-state index in [1.807, 2.05) is 26.0 Å². The van der Waals surface area contributed by atoms with E-state index in [1.54, 1.807) is 65.6 Å². The fourth-order valence-electron chi connectivity index (χ4n) is 3.95. The number of aromatic nitrogens is 3. The second-order valence-electron chi connectivity index (χ2n) is 8.41. The molecule has 0 unspecified atom stereocenters. The average Bonchev–Trinajstić information content (AvgIpc) is 3.20. The molecule has 4 rings (SSSR count). The molecule has 2 amide bonds. The Hall–Kier alpha value is -4.79. The second-order valence-corrected chi connectivity index (χ2v) is 8.41. The minimum absolute atomic E-state index is 0.262. The Morgan fingerprint density at radius 3 is 2.24 bits per heavy atom. The summed E-state index contributed by atoms with van der Waals surface area (Å²) in [4.78, 5) is 40.9. The van der Waals surface area contributed by atoms with Gasteiger partial charge in [-0.3, -0.25) is 19.4 Å². The molecule has 0 atom stereocenters. The lowest BCUT2D eigenvalue weighted by Crippen LogP contribution is -2.14. The van der Waals surface area contributed by atoms with E-state index in [1.165, 1.54) is 7.11 Å². The lowest BCUT2D eigenvalue weighted by molar-refractivity contribution is -0.140. The van der Waals surface area contributed by atoms with E-state index in [9.17, 15) is 14.4 Å². The van der Waals surface area contributed by atoms with Gasteiger partial charge in [0, 0.05) is 47.0 Å². The minimum Gasteiger partial charge on any atom is -0.469 e. The zero-order valence-corrected chi connectivity index (χ0v) is 20.8. The van der Waals surface area contributed by atoms with Crippen molar-refractivity contribution in [2.75, 3.05) is 17.7 Å². The van der Waals surface area contributed by atoms with E-state index in [2.05, 4.69) is 20.7 Å². The van der Waals surface area contributed by atoms with Gasteiger partial charge in [-0.15, -0.1) is 0 Å². The van der Waals surface area contributed by atoms with Crippen molar-refractivity contribution >= 4 is 29.2 Å². The molecule has 0 bridgehead atoms. The zero-order chi connectivity index (χ0) is 26.4. The molecule has 2 aromatic carbocycles. The highest BCUT2D eigenvalue weighted by molar-refractivity contribution is 6.07. The Morgan fingerprint density at radius 1 is 0.865 bits per heavy atom. The quantitative estimate of drug-likeness (QED) is 0.347. The average molecular weight is 498 g/mol. The third-order valence-corrected chi connectivity index (χ3v) is 5.94. The van der Waals surface area contributed by atoms with Crippen LogP contribution in [0.3, 0.4) is 0 Å². The number of methoxy groups -OCH3 is 1. The molecule has 37 heavy (non-hydrogen) atoms. The predicted octanol–water partition coefficient (Wildman–Crippen LogP) is 4.49. The zero-order valence-electron chi connectivity index (χ0n) is 20.8. The summed E-state index contributed by atoms with van der Waals surface area (Å²) in [7, 11) is 1.38. The molecule has 2 heterocycles. The van der Waals surface area contributed by atoms with Crippen molar-refractivity contribution in [1.82, 2.24) is 14.8 Å². The third kappa shape index (κ3) is 6.07. The highest BCUT2D eigenvalue weighted by atomic mass is 16.5. The Bertz CT molecular complexity index is 1430. The lowest BCUT2D eigenvalue weighted by atomic mass is 10.1. The van der Waals surface area contributed by atoms with Gasteiger partial charge in [0.05, 0.1) is 18.5 Å². The number of anilines is 2. The normalized spacial score (nSPS) is 10.6. The van der Waals surface area contributed by atoms with E-state index in [4.69, 9.17) is 4.74 Å². The van der Waals surface area contributed by atoms with Gasteiger partial charge in [0.1, 0.15) is 0 Å². The number of carbonyl (C=O) groups is 3. The fourth-order valence-corrected chi connectivity index (χ4v) is 3.95. The summed E-state index contributed by atoms with van der Waals surface area (Å²) in [5.74, 6) is -0.852. The van der Waals surface area contributed by atoms with E-state index < -0.39 is 0 Å². The highest BCUT2D eigenvalue weighted by Crippen LogP contribution is 2.21. The molecule has 0 saturated heterocycles. The van der Waals surface area contributed by atoms with Crippen LogP contribution in [0.25, 0.3) is 5.69 Å². The molecule has 9 nitrogen and oxygen atoms in total. The van der Waals surface area contributed by atoms with Gasteiger partial charge < -0.3 is 15.4 Å². The Morgan fingerprint density at radius 2 is 1.54 bits per heavy atom. The summed E-state index contributed by atoms with van der Waals surface area (Å²) in [5, 5.41) is 10.2. The van der Waals surface area contributed by atoms with E-state index in [-0.39, 0.29) is 24.2 Å². The van der Waals surface area contributed by atoms with Gasteiger partial charge in [0.2, 0.25) is 0 Å². The molecule has 0 saturated carbocycles. The van der Waals surface area contributed by atoms with Crippen LogP contribution in [0.4, 0.5) is 11.4 Å². The first kappa shape index (κ1) is 25.3. The van der Waals surface area contributed by atoms with Crippen molar-refractivity contribution in [3.63, 3.8) is 0 Å². The van der Waals surface area contributed by atoms with Crippen LogP contribution < -0.4 is 10.6 Å². The van der Waals surface area contributed by atoms with Crippen molar-refractivity contribution in [3.05, 3.63) is 101 Å². The van der Waals surface area contributed by atoms with Crippen LogP contribution in [-0.4, -0.2) is 39.7 Å². The van der Waals surface area contributed by atoms with Crippen molar-refractivity contribution in [2.24, 2.45) is 0 Å². The number of amides is 2. The van der Waals surface area contributed by atoms with Crippen molar-refractivity contribution in [3.8, 4) is 5.69 Å². The molecule has 188 valence electrons. The Balaban J connectivity index is 1.44. The van der Waals surface area contributed by atoms with Crippen molar-refractivity contribution in [2.45, 2.75) is 26.7 Å². The number of nitrogens with one attached hydrogen (secondary N) is 2. The number of nitrogens with zero attached hydrogens (tertiary/aromatic N) is 3. The van der Waals surface area contributed by atoms with Gasteiger partial charge in [-0.05, 0) is 80.4 Å². The maximum Gasteiger partial charge on any atom is 0.305 e. The van der Waals surface area contributed by atoms with Crippen LogP contribution in [0, 0.1) is 13.8 Å². The van der Waals surface area contributed by atoms with Gasteiger partial charge in [-0.1, -0.05) is 6.07 Å². The van der Waals surface area contributed by atoms with E-state index >= 15 is 0 Å². The summed E-state index contributed by atoms with van der Waals surface area (Å²) in [6, 6.07) is 17.2. The van der Waals surface area contributed by atoms with E-state index in [0.29, 0.717) is 28.9 Å². The fraction of sp³-hybridized carbons (Fsp3) is 0.179. The molecule has 0 aliphatic carbocycles. The van der Waals surface area contributed by atoms with Crippen LogP contribution in [-0.2, 0) is 16.0 Å². The van der Waals surface area contributed by atoms with Gasteiger partial charge in [0.15, 0.2) is 0 Å². The maximum absolute atomic E-state index is 12.9. The monoisotopic (exact) mass is 497 g/mol. The van der Waals surface area contributed by atoms with Crippen molar-refractivity contribution < 1.29 is 19.1 Å². The molecule has 9 heteroatoms. The van der Waals surface area contributed by atoms with Crippen LogP contribution in [0.15, 0.2) is 73.1 Å². The van der Waals surface area contributed by atoms with Crippen molar-refractivity contribution in [1.29, 1.82) is 0 Å². The molecule has 2 aromatic heterocycles. The third-order valence-electron chi connectivity index (χ3n) is 5.94. The second kappa shape index (κ2) is 11.3. The number of pyridine rings is 1. The molecule has 4 aromatic rings. The lowest BCUT2D eigenvalue weighted by Gasteiger charge is -2.10. The van der Waals surface area contributed by atoms with Crippen LogP contribution in [0.1, 0.15) is 44.1 Å². The summed E-state index contributed by atoms with van der Waals surface area (Å²) in [6.07, 6.45) is 4.02. The molecule has 2 N–H and O–H groups in total. The topological polar surface area (TPSA) is 115 Å². The standard InChI is InChI=1S/C28H27N5O4/c1-18-25(11-12-26(34)37-3)19(2)33(32-18)24-9-7-20(8-10-24)27(35)31-23-6-4-5-21(17-23)28(36)30-22-13-15-29-16-14-22/h4-10,13-17H,11-12H2,1-3H3,(H,31,35)(H,29,30,36). The minimum atomic E-state index is -0.301. The number of benzene rings is 2. The smallest absolute Gasteiger partial charge is 0.305 e. The number of aryl methyl sites for hydroxylation is 1. The summed E-state index contributed by atoms with van der Waals surface area (Å²) >= 11 is 0. The highest BCUT2D eigenvalue weighted by Gasteiger charge is 2.15. The van der Waals surface area contributed by atoms with Crippen LogP contribution >= 0.6 is 0 Å². The number of rotatable bonds is 8. The first-order valence-corrected chi connectivity index (χ1v) is 11.7. The molecule has 0 spiro atoms. The van der Waals surface area contributed by atoms with Crippen LogP contribution in [0.2, 0.25) is 0 Å².